The number of nitrogens with one attached hydrogen (secondary N) is 1. The normalized spacial score (nSPS) is 10.5. The Morgan fingerprint density at radius 1 is 1.25 bits per heavy atom. The third kappa shape index (κ3) is 2.20. The number of nitrogens with zero attached hydrogens (tertiary/aromatic N) is 1. The molecule has 1 aromatic carbocycles. The molecule has 4 heteroatoms. The van der Waals surface area contributed by atoms with Gasteiger partial charge in [0.25, 0.3) is 0 Å². The first-order valence-corrected chi connectivity index (χ1v) is 6.19. The molecule has 0 aliphatic carbocycles. The maximum absolute atomic E-state index is 6.14. The van der Waals surface area contributed by atoms with Crippen molar-refractivity contribution in [3.63, 3.8) is 0 Å². The summed E-state index contributed by atoms with van der Waals surface area (Å²) >= 11 is 7.53. The van der Waals surface area contributed by atoms with Crippen molar-refractivity contribution in [2.24, 2.45) is 0 Å². The smallest absolute Gasteiger partial charge is 0.132 e. The van der Waals surface area contributed by atoms with Gasteiger partial charge in [-0.3, -0.25) is 0 Å². The Morgan fingerprint density at radius 2 is 2.00 bits per heavy atom. The Bertz CT molecular complexity index is 520. The molecule has 0 aliphatic rings. The van der Waals surface area contributed by atoms with Gasteiger partial charge in [-0.25, -0.2) is 0 Å². The highest BCUT2D eigenvalue weighted by Gasteiger charge is 2.09. The number of anilines is 2. The molecule has 0 atom stereocenters. The van der Waals surface area contributed by atoms with Crippen LogP contribution in [0.2, 0.25) is 5.02 Å². The minimum atomic E-state index is 0.714. The molecule has 0 bridgehead atoms. The second kappa shape index (κ2) is 4.44. The molecule has 0 spiro atoms. The van der Waals surface area contributed by atoms with E-state index in [0.29, 0.717) is 5.02 Å². The minimum absolute atomic E-state index is 0.714. The van der Waals surface area contributed by atoms with Crippen LogP contribution in [-0.2, 0) is 0 Å². The standard InChI is InChI=1S/C12H13ClN2S/c1-7-4-5-8(2)10(6-7)14-12-11(13)9(3)15-16-12/h4-6,14H,1-3H3. The van der Waals surface area contributed by atoms with E-state index in [4.69, 9.17) is 11.6 Å². The van der Waals surface area contributed by atoms with Gasteiger partial charge in [-0.1, -0.05) is 23.7 Å². The lowest BCUT2D eigenvalue weighted by Crippen LogP contribution is -1.92. The van der Waals surface area contributed by atoms with Crippen molar-refractivity contribution in [1.29, 1.82) is 0 Å². The summed E-state index contributed by atoms with van der Waals surface area (Å²) in [7, 11) is 0. The highest BCUT2D eigenvalue weighted by atomic mass is 35.5. The summed E-state index contributed by atoms with van der Waals surface area (Å²) in [5.74, 6) is 0. The lowest BCUT2D eigenvalue weighted by atomic mass is 10.1. The van der Waals surface area contributed by atoms with Crippen LogP contribution in [0.25, 0.3) is 0 Å². The summed E-state index contributed by atoms with van der Waals surface area (Å²) in [5.41, 5.74) is 4.39. The number of halogens is 1. The van der Waals surface area contributed by atoms with Crippen LogP contribution in [0.15, 0.2) is 18.2 Å². The summed E-state index contributed by atoms with van der Waals surface area (Å²) < 4.78 is 4.21. The fourth-order valence-electron chi connectivity index (χ4n) is 1.43. The zero-order valence-electron chi connectivity index (χ0n) is 9.47. The Morgan fingerprint density at radius 3 is 2.62 bits per heavy atom. The quantitative estimate of drug-likeness (QED) is 0.853. The van der Waals surface area contributed by atoms with E-state index in [0.717, 1.165) is 16.4 Å². The lowest BCUT2D eigenvalue weighted by Gasteiger charge is -2.08. The highest BCUT2D eigenvalue weighted by molar-refractivity contribution is 7.11. The summed E-state index contributed by atoms with van der Waals surface area (Å²) in [6.07, 6.45) is 0. The van der Waals surface area contributed by atoms with Crippen LogP contribution in [0, 0.1) is 20.8 Å². The third-order valence-corrected chi connectivity index (χ3v) is 3.86. The number of benzene rings is 1. The highest BCUT2D eigenvalue weighted by Crippen LogP contribution is 2.33. The SMILES string of the molecule is Cc1ccc(C)c(Nc2snc(C)c2Cl)c1. The Balaban J connectivity index is 2.33. The average molecular weight is 253 g/mol. The Hall–Kier alpha value is -1.06. The molecule has 84 valence electrons. The molecule has 0 fully saturated rings. The van der Waals surface area contributed by atoms with Gasteiger partial charge in [-0.15, -0.1) is 0 Å². The van der Waals surface area contributed by atoms with Gasteiger partial charge < -0.3 is 5.32 Å². The maximum atomic E-state index is 6.14. The van der Waals surface area contributed by atoms with Crippen molar-refractivity contribution in [2.75, 3.05) is 5.32 Å². The van der Waals surface area contributed by atoms with Crippen LogP contribution in [0.1, 0.15) is 16.8 Å². The van der Waals surface area contributed by atoms with E-state index in [1.807, 2.05) is 6.92 Å². The second-order valence-corrected chi connectivity index (χ2v) is 5.01. The van der Waals surface area contributed by atoms with Crippen molar-refractivity contribution in [3.8, 4) is 0 Å². The predicted octanol–water partition coefficient (Wildman–Crippen LogP) is 4.47. The first kappa shape index (κ1) is 11.4. The van der Waals surface area contributed by atoms with E-state index in [-0.39, 0.29) is 0 Å². The molecule has 1 aromatic heterocycles. The molecule has 0 saturated heterocycles. The predicted molar refractivity (Wildman–Crippen MR) is 71.1 cm³/mol. The molecular formula is C12H13ClN2S. The Kier molecular flexibility index (Phi) is 3.17. The lowest BCUT2D eigenvalue weighted by molar-refractivity contribution is 1.34. The number of hydrogen-bond donors (Lipinski definition) is 1. The van der Waals surface area contributed by atoms with Crippen LogP contribution in [0.3, 0.4) is 0 Å². The largest absolute Gasteiger partial charge is 0.344 e. The van der Waals surface area contributed by atoms with E-state index in [1.54, 1.807) is 0 Å². The van der Waals surface area contributed by atoms with Crippen LogP contribution >= 0.6 is 23.1 Å². The monoisotopic (exact) mass is 252 g/mol. The molecule has 0 aliphatic heterocycles. The van der Waals surface area contributed by atoms with Crippen LogP contribution in [0.4, 0.5) is 10.7 Å². The number of aryl methyl sites for hydroxylation is 3. The second-order valence-electron chi connectivity index (χ2n) is 3.85. The molecule has 0 unspecified atom stereocenters. The first-order chi connectivity index (χ1) is 7.58. The molecule has 16 heavy (non-hydrogen) atoms. The van der Waals surface area contributed by atoms with Crippen molar-refractivity contribution < 1.29 is 0 Å². The molecule has 0 saturated carbocycles. The molecule has 1 heterocycles. The molecule has 2 nitrogen and oxygen atoms in total. The van der Waals surface area contributed by atoms with Crippen molar-refractivity contribution in [1.82, 2.24) is 4.37 Å². The van der Waals surface area contributed by atoms with E-state index in [1.165, 1.54) is 22.7 Å². The fourth-order valence-corrected chi connectivity index (χ4v) is 2.38. The van der Waals surface area contributed by atoms with E-state index in [2.05, 4.69) is 41.7 Å². The van der Waals surface area contributed by atoms with Crippen molar-refractivity contribution >= 4 is 33.8 Å². The number of aromatic nitrogens is 1. The van der Waals surface area contributed by atoms with Gasteiger partial charge in [0.15, 0.2) is 0 Å². The summed E-state index contributed by atoms with van der Waals surface area (Å²) in [6, 6.07) is 6.31. The van der Waals surface area contributed by atoms with E-state index >= 15 is 0 Å². The first-order valence-electron chi connectivity index (χ1n) is 5.04. The Labute approximate surface area is 104 Å². The molecule has 2 rings (SSSR count). The van der Waals surface area contributed by atoms with Gasteiger partial charge >= 0.3 is 0 Å². The van der Waals surface area contributed by atoms with E-state index in [9.17, 15) is 0 Å². The number of rotatable bonds is 2. The molecule has 0 radical (unpaired) electrons. The summed E-state index contributed by atoms with van der Waals surface area (Å²) in [5, 5.41) is 4.95. The number of hydrogen-bond acceptors (Lipinski definition) is 3. The van der Waals surface area contributed by atoms with Gasteiger partial charge in [0.1, 0.15) is 5.00 Å². The van der Waals surface area contributed by atoms with E-state index < -0.39 is 0 Å². The topological polar surface area (TPSA) is 24.9 Å². The maximum Gasteiger partial charge on any atom is 0.132 e. The van der Waals surface area contributed by atoms with Gasteiger partial charge in [0, 0.05) is 5.69 Å². The molecule has 0 amide bonds. The summed E-state index contributed by atoms with van der Waals surface area (Å²) in [6.45, 7) is 6.06. The minimum Gasteiger partial charge on any atom is -0.344 e. The van der Waals surface area contributed by atoms with Crippen molar-refractivity contribution in [3.05, 3.63) is 40.0 Å². The van der Waals surface area contributed by atoms with Crippen LogP contribution < -0.4 is 5.32 Å². The van der Waals surface area contributed by atoms with Gasteiger partial charge in [-0.05, 0) is 49.5 Å². The fraction of sp³-hybridized carbons (Fsp3) is 0.250. The zero-order chi connectivity index (χ0) is 11.7. The molecule has 2 aromatic rings. The van der Waals surface area contributed by atoms with Crippen LogP contribution in [0.5, 0.6) is 0 Å². The molecular weight excluding hydrogens is 240 g/mol. The van der Waals surface area contributed by atoms with Crippen LogP contribution in [-0.4, -0.2) is 4.37 Å². The van der Waals surface area contributed by atoms with Gasteiger partial charge in [-0.2, -0.15) is 4.37 Å². The molecule has 1 N–H and O–H groups in total. The van der Waals surface area contributed by atoms with Gasteiger partial charge in [0.05, 0.1) is 10.7 Å². The van der Waals surface area contributed by atoms with Gasteiger partial charge in [0.2, 0.25) is 0 Å². The summed E-state index contributed by atoms with van der Waals surface area (Å²) in [4.78, 5) is 0. The zero-order valence-corrected chi connectivity index (χ0v) is 11.0. The van der Waals surface area contributed by atoms with Crippen molar-refractivity contribution in [2.45, 2.75) is 20.8 Å². The average Bonchev–Trinajstić information content (AvgIpc) is 2.55. The third-order valence-electron chi connectivity index (χ3n) is 2.43.